The Hall–Kier alpha value is -1.46. The third-order valence-corrected chi connectivity index (χ3v) is 3.11. The van der Waals surface area contributed by atoms with Crippen LogP contribution in [-0.2, 0) is 9.59 Å². The third-order valence-electron chi connectivity index (χ3n) is 2.56. The van der Waals surface area contributed by atoms with Gasteiger partial charge in [-0.2, -0.15) is 0 Å². The van der Waals surface area contributed by atoms with Crippen LogP contribution in [0.2, 0.25) is 10.0 Å². The highest BCUT2D eigenvalue weighted by atomic mass is 35.5. The highest BCUT2D eigenvalue weighted by Gasteiger charge is 2.27. The Morgan fingerprint density at radius 2 is 2.00 bits per heavy atom. The average molecular weight is 320 g/mol. The number of carboxylic acid groups (broad SMARTS) is 1. The first kappa shape index (κ1) is 16.6. The summed E-state index contributed by atoms with van der Waals surface area (Å²) in [5, 5.41) is 12.2. The van der Waals surface area contributed by atoms with Crippen LogP contribution in [0.3, 0.4) is 0 Å². The molecule has 0 bridgehead atoms. The smallest absolute Gasteiger partial charge is 0.310 e. The summed E-state index contributed by atoms with van der Waals surface area (Å²) in [6, 6.07) is 4.66. The zero-order valence-electron chi connectivity index (χ0n) is 11.1. The Kier molecular flexibility index (Phi) is 5.65. The van der Waals surface area contributed by atoms with Crippen LogP contribution in [0.25, 0.3) is 0 Å². The summed E-state index contributed by atoms with van der Waals surface area (Å²) in [5.74, 6) is -1.13. The van der Waals surface area contributed by atoms with Crippen LogP contribution < -0.4 is 10.1 Å². The quantitative estimate of drug-likeness (QED) is 0.845. The molecule has 5 nitrogen and oxygen atoms in total. The molecule has 7 heteroatoms. The monoisotopic (exact) mass is 319 g/mol. The summed E-state index contributed by atoms with van der Waals surface area (Å²) in [7, 11) is 0. The molecule has 0 aliphatic carbocycles. The minimum Gasteiger partial charge on any atom is -0.482 e. The lowest BCUT2D eigenvalue weighted by Crippen LogP contribution is -2.40. The topological polar surface area (TPSA) is 75.6 Å². The number of hydrogen-bond donors (Lipinski definition) is 2. The standard InChI is InChI=1S/C13H15Cl2NO4/c1-13(2,12(18)19)7-16-11(17)6-20-10-5-8(14)3-4-9(10)15/h3-5H,6-7H2,1-2H3,(H,16,17)(H,18,19). The molecule has 0 fully saturated rings. The van der Waals surface area contributed by atoms with E-state index in [1.807, 2.05) is 0 Å². The zero-order chi connectivity index (χ0) is 15.3. The second-order valence-corrected chi connectivity index (χ2v) is 5.67. The van der Waals surface area contributed by atoms with Gasteiger partial charge in [-0.05, 0) is 26.0 Å². The highest BCUT2D eigenvalue weighted by Crippen LogP contribution is 2.27. The molecular formula is C13H15Cl2NO4. The van der Waals surface area contributed by atoms with Gasteiger partial charge in [0, 0.05) is 17.6 Å². The van der Waals surface area contributed by atoms with Crippen molar-refractivity contribution in [3.8, 4) is 5.75 Å². The maximum atomic E-state index is 11.6. The number of carbonyl (C=O) groups excluding carboxylic acids is 1. The molecule has 1 amide bonds. The van der Waals surface area contributed by atoms with E-state index >= 15 is 0 Å². The molecule has 1 aromatic carbocycles. The summed E-state index contributed by atoms with van der Waals surface area (Å²) < 4.78 is 5.23. The van der Waals surface area contributed by atoms with Crippen LogP contribution in [0.1, 0.15) is 13.8 Å². The molecule has 20 heavy (non-hydrogen) atoms. The predicted octanol–water partition coefficient (Wildman–Crippen LogP) is 2.60. The van der Waals surface area contributed by atoms with E-state index < -0.39 is 17.3 Å². The molecule has 0 aliphatic heterocycles. The Balaban J connectivity index is 2.48. The van der Waals surface area contributed by atoms with Crippen LogP contribution >= 0.6 is 23.2 Å². The molecule has 0 saturated heterocycles. The summed E-state index contributed by atoms with van der Waals surface area (Å²) >= 11 is 11.7. The number of rotatable bonds is 6. The number of nitrogens with one attached hydrogen (secondary N) is 1. The van der Waals surface area contributed by atoms with Gasteiger partial charge in [-0.25, -0.2) is 0 Å². The van der Waals surface area contributed by atoms with Gasteiger partial charge in [-0.15, -0.1) is 0 Å². The highest BCUT2D eigenvalue weighted by molar-refractivity contribution is 6.34. The minimum atomic E-state index is -1.04. The van der Waals surface area contributed by atoms with Crippen LogP contribution in [0.4, 0.5) is 0 Å². The van der Waals surface area contributed by atoms with E-state index in [0.717, 1.165) is 0 Å². The van der Waals surface area contributed by atoms with Gasteiger partial charge in [-0.1, -0.05) is 23.2 Å². The molecule has 1 rings (SSSR count). The van der Waals surface area contributed by atoms with Gasteiger partial charge in [0.2, 0.25) is 0 Å². The normalized spacial score (nSPS) is 11.0. The van der Waals surface area contributed by atoms with Crippen molar-refractivity contribution < 1.29 is 19.4 Å². The molecule has 0 aliphatic rings. The lowest BCUT2D eigenvalue weighted by atomic mass is 9.94. The molecule has 0 radical (unpaired) electrons. The predicted molar refractivity (Wildman–Crippen MR) is 76.4 cm³/mol. The molecule has 0 unspecified atom stereocenters. The average Bonchev–Trinajstić information content (AvgIpc) is 2.37. The Bertz CT molecular complexity index is 517. The molecule has 0 heterocycles. The lowest BCUT2D eigenvalue weighted by molar-refractivity contribution is -0.146. The van der Waals surface area contributed by atoms with Crippen LogP contribution in [-0.4, -0.2) is 30.1 Å². The number of hydrogen-bond acceptors (Lipinski definition) is 3. The van der Waals surface area contributed by atoms with Crippen molar-refractivity contribution in [2.45, 2.75) is 13.8 Å². The van der Waals surface area contributed by atoms with E-state index in [2.05, 4.69) is 5.32 Å². The van der Waals surface area contributed by atoms with E-state index in [1.165, 1.54) is 19.9 Å². The molecule has 110 valence electrons. The number of aliphatic carboxylic acids is 1. The minimum absolute atomic E-state index is 0.00774. The van der Waals surface area contributed by atoms with E-state index in [1.54, 1.807) is 12.1 Å². The molecule has 0 spiro atoms. The summed E-state index contributed by atoms with van der Waals surface area (Å²) in [6.45, 7) is 2.78. The molecular weight excluding hydrogens is 305 g/mol. The fourth-order valence-corrected chi connectivity index (χ4v) is 1.51. The largest absolute Gasteiger partial charge is 0.482 e. The summed E-state index contributed by atoms with van der Waals surface area (Å²) in [6.07, 6.45) is 0. The maximum Gasteiger partial charge on any atom is 0.310 e. The zero-order valence-corrected chi connectivity index (χ0v) is 12.6. The number of carbonyl (C=O) groups is 2. The van der Waals surface area contributed by atoms with Gasteiger partial charge >= 0.3 is 5.97 Å². The van der Waals surface area contributed by atoms with Crippen molar-refractivity contribution in [1.29, 1.82) is 0 Å². The first-order valence-electron chi connectivity index (χ1n) is 5.80. The number of amides is 1. The van der Waals surface area contributed by atoms with Crippen molar-refractivity contribution >= 4 is 35.1 Å². The van der Waals surface area contributed by atoms with Gasteiger partial charge in [-0.3, -0.25) is 9.59 Å². The van der Waals surface area contributed by atoms with Crippen molar-refractivity contribution in [3.63, 3.8) is 0 Å². The van der Waals surface area contributed by atoms with E-state index in [9.17, 15) is 9.59 Å². The van der Waals surface area contributed by atoms with E-state index in [0.29, 0.717) is 15.8 Å². The molecule has 0 atom stereocenters. The molecule has 2 N–H and O–H groups in total. The Morgan fingerprint density at radius 1 is 1.35 bits per heavy atom. The van der Waals surface area contributed by atoms with E-state index in [4.69, 9.17) is 33.0 Å². The number of ether oxygens (including phenoxy) is 1. The summed E-state index contributed by atoms with van der Waals surface area (Å²) in [4.78, 5) is 22.5. The number of halogens is 2. The van der Waals surface area contributed by atoms with E-state index in [-0.39, 0.29) is 13.2 Å². The molecule has 1 aromatic rings. The first-order chi connectivity index (χ1) is 9.22. The number of benzene rings is 1. The van der Waals surface area contributed by atoms with Gasteiger partial charge < -0.3 is 15.2 Å². The van der Waals surface area contributed by atoms with Gasteiger partial charge in [0.25, 0.3) is 5.91 Å². The van der Waals surface area contributed by atoms with Crippen molar-refractivity contribution in [1.82, 2.24) is 5.32 Å². The Morgan fingerprint density at radius 3 is 2.60 bits per heavy atom. The maximum absolute atomic E-state index is 11.6. The third kappa shape index (κ3) is 4.90. The SMILES string of the molecule is CC(C)(CNC(=O)COc1cc(Cl)ccc1Cl)C(=O)O. The fourth-order valence-electron chi connectivity index (χ4n) is 1.18. The fraction of sp³-hybridized carbons (Fsp3) is 0.385. The van der Waals surface area contributed by atoms with Gasteiger partial charge in [0.1, 0.15) is 5.75 Å². The van der Waals surface area contributed by atoms with Crippen molar-refractivity contribution in [2.24, 2.45) is 5.41 Å². The van der Waals surface area contributed by atoms with Gasteiger partial charge in [0.05, 0.1) is 10.4 Å². The van der Waals surface area contributed by atoms with Crippen LogP contribution in [0.15, 0.2) is 18.2 Å². The van der Waals surface area contributed by atoms with Crippen molar-refractivity contribution in [2.75, 3.05) is 13.2 Å². The first-order valence-corrected chi connectivity index (χ1v) is 6.56. The van der Waals surface area contributed by atoms with Crippen LogP contribution in [0.5, 0.6) is 5.75 Å². The lowest BCUT2D eigenvalue weighted by Gasteiger charge is -2.19. The van der Waals surface area contributed by atoms with Crippen molar-refractivity contribution in [3.05, 3.63) is 28.2 Å². The summed E-state index contributed by atoms with van der Waals surface area (Å²) in [5.41, 5.74) is -1.04. The van der Waals surface area contributed by atoms with Gasteiger partial charge in [0.15, 0.2) is 6.61 Å². The second-order valence-electron chi connectivity index (χ2n) is 4.83. The molecule has 0 aromatic heterocycles. The molecule has 0 saturated carbocycles. The number of carboxylic acids is 1. The Labute approximate surface area is 126 Å². The van der Waals surface area contributed by atoms with Crippen LogP contribution in [0, 0.1) is 5.41 Å². The second kappa shape index (κ2) is 6.81.